The number of ether oxygens (including phenoxy) is 2. The highest BCUT2D eigenvalue weighted by molar-refractivity contribution is 9.10. The van der Waals surface area contributed by atoms with Gasteiger partial charge in [-0.3, -0.25) is 4.79 Å². The van der Waals surface area contributed by atoms with Crippen LogP contribution < -0.4 is 20.1 Å². The molecule has 0 radical (unpaired) electrons. The minimum atomic E-state index is -0.631. The minimum absolute atomic E-state index is 0.108. The second-order valence-electron chi connectivity index (χ2n) is 8.94. The molecule has 0 fully saturated rings. The standard InChI is InChI=1S/C28H24BrClFN5O3/c1-15-6-4-7-18(10-15)35-27(37)24-16(2)34-28-32-14-33-36(28)25(24)17-11-20(29)26(23(12-17)38-3)39-13-19-21(30)8-5-9-22(19)31/h4-12,14,25H,13H2,1-3H3,(H,35,37)(H,32,33,34). The number of rotatable bonds is 7. The Balaban J connectivity index is 1.52. The van der Waals surface area contributed by atoms with Gasteiger partial charge in [0, 0.05) is 16.9 Å². The lowest BCUT2D eigenvalue weighted by Gasteiger charge is -2.29. The monoisotopic (exact) mass is 611 g/mol. The molecule has 2 N–H and O–H groups in total. The average Bonchev–Trinajstić information content (AvgIpc) is 3.36. The third-order valence-corrected chi connectivity index (χ3v) is 7.25. The number of aromatic nitrogens is 3. The van der Waals surface area contributed by atoms with Gasteiger partial charge in [0.05, 0.1) is 22.2 Å². The summed E-state index contributed by atoms with van der Waals surface area (Å²) in [7, 11) is 1.50. The van der Waals surface area contributed by atoms with E-state index in [1.54, 1.807) is 16.8 Å². The highest BCUT2D eigenvalue weighted by atomic mass is 79.9. The first-order valence-electron chi connectivity index (χ1n) is 11.9. The first kappa shape index (κ1) is 26.7. The molecule has 200 valence electrons. The van der Waals surface area contributed by atoms with Crippen LogP contribution in [-0.4, -0.2) is 27.8 Å². The Labute approximate surface area is 237 Å². The van der Waals surface area contributed by atoms with E-state index >= 15 is 0 Å². The molecule has 3 aromatic carbocycles. The lowest BCUT2D eigenvalue weighted by molar-refractivity contribution is -0.113. The Kier molecular flexibility index (Phi) is 7.58. The van der Waals surface area contributed by atoms with Crippen LogP contribution in [0.3, 0.4) is 0 Å². The largest absolute Gasteiger partial charge is 0.493 e. The van der Waals surface area contributed by atoms with Crippen molar-refractivity contribution in [3.05, 3.63) is 104 Å². The number of anilines is 2. The van der Waals surface area contributed by atoms with Crippen LogP contribution in [0.4, 0.5) is 16.0 Å². The third-order valence-electron chi connectivity index (χ3n) is 6.30. The summed E-state index contributed by atoms with van der Waals surface area (Å²) in [5.74, 6) is 0.478. The predicted molar refractivity (Wildman–Crippen MR) is 151 cm³/mol. The van der Waals surface area contributed by atoms with Crippen molar-refractivity contribution in [1.29, 1.82) is 0 Å². The van der Waals surface area contributed by atoms with Crippen molar-refractivity contribution < 1.29 is 18.7 Å². The van der Waals surface area contributed by atoms with Crippen LogP contribution in [0.15, 0.2) is 76.7 Å². The first-order valence-corrected chi connectivity index (χ1v) is 13.1. The molecule has 0 bridgehead atoms. The zero-order valence-corrected chi connectivity index (χ0v) is 23.6. The Morgan fingerprint density at radius 3 is 2.74 bits per heavy atom. The van der Waals surface area contributed by atoms with Gasteiger partial charge in [-0.25, -0.2) is 9.07 Å². The van der Waals surface area contributed by atoms with Crippen molar-refractivity contribution in [3.63, 3.8) is 0 Å². The van der Waals surface area contributed by atoms with Gasteiger partial charge in [0.15, 0.2) is 11.5 Å². The van der Waals surface area contributed by atoms with Gasteiger partial charge in [-0.2, -0.15) is 10.1 Å². The van der Waals surface area contributed by atoms with Crippen LogP contribution in [0.2, 0.25) is 5.02 Å². The molecule has 5 rings (SSSR count). The van der Waals surface area contributed by atoms with Crippen molar-refractivity contribution >= 4 is 45.1 Å². The predicted octanol–water partition coefficient (Wildman–Crippen LogP) is 6.66. The quantitative estimate of drug-likeness (QED) is 0.243. The van der Waals surface area contributed by atoms with Gasteiger partial charge in [0.2, 0.25) is 5.95 Å². The normalized spacial score (nSPS) is 14.5. The lowest BCUT2D eigenvalue weighted by Crippen LogP contribution is -2.31. The summed E-state index contributed by atoms with van der Waals surface area (Å²) in [5.41, 5.74) is 3.72. The number of hydrogen-bond acceptors (Lipinski definition) is 6. The van der Waals surface area contributed by atoms with Crippen LogP contribution in [0.25, 0.3) is 0 Å². The molecule has 1 atom stereocenters. The molecule has 0 spiro atoms. The number of fused-ring (bicyclic) bond motifs is 1. The Morgan fingerprint density at radius 2 is 2.00 bits per heavy atom. The number of carbonyl (C=O) groups excluding carboxylic acids is 1. The van der Waals surface area contributed by atoms with Gasteiger partial charge < -0.3 is 20.1 Å². The van der Waals surface area contributed by atoms with E-state index in [0.717, 1.165) is 5.56 Å². The molecule has 0 saturated heterocycles. The van der Waals surface area contributed by atoms with Crippen molar-refractivity contribution in [2.24, 2.45) is 0 Å². The molecule has 4 aromatic rings. The maximum Gasteiger partial charge on any atom is 0.255 e. The molecule has 1 amide bonds. The van der Waals surface area contributed by atoms with E-state index in [9.17, 15) is 9.18 Å². The van der Waals surface area contributed by atoms with Gasteiger partial charge in [-0.15, -0.1) is 0 Å². The molecule has 0 saturated carbocycles. The van der Waals surface area contributed by atoms with Crippen molar-refractivity contribution in [2.45, 2.75) is 26.5 Å². The number of allylic oxidation sites excluding steroid dienone is 1. The van der Waals surface area contributed by atoms with E-state index in [-0.39, 0.29) is 23.1 Å². The molecular formula is C28H24BrClFN5O3. The number of halogens is 3. The second-order valence-corrected chi connectivity index (χ2v) is 10.2. The summed E-state index contributed by atoms with van der Waals surface area (Å²) < 4.78 is 28.1. The van der Waals surface area contributed by atoms with E-state index in [1.807, 2.05) is 44.2 Å². The van der Waals surface area contributed by atoms with Crippen LogP contribution in [0.1, 0.15) is 29.7 Å². The maximum atomic E-state index is 14.3. The molecule has 8 nitrogen and oxygen atoms in total. The topological polar surface area (TPSA) is 90.3 Å². The van der Waals surface area contributed by atoms with E-state index < -0.39 is 11.9 Å². The van der Waals surface area contributed by atoms with Crippen molar-refractivity contribution in [3.8, 4) is 11.5 Å². The van der Waals surface area contributed by atoms with Crippen LogP contribution in [0.5, 0.6) is 11.5 Å². The average molecular weight is 613 g/mol. The fourth-order valence-electron chi connectivity index (χ4n) is 4.47. The molecule has 11 heteroatoms. The number of nitrogens with one attached hydrogen (secondary N) is 2. The van der Waals surface area contributed by atoms with Crippen LogP contribution >= 0.6 is 27.5 Å². The molecule has 1 aliphatic rings. The smallest absolute Gasteiger partial charge is 0.255 e. The number of benzene rings is 3. The fourth-order valence-corrected chi connectivity index (χ4v) is 5.26. The van der Waals surface area contributed by atoms with Crippen LogP contribution in [0, 0.1) is 12.7 Å². The molecule has 1 aromatic heterocycles. The number of carbonyl (C=O) groups is 1. The van der Waals surface area contributed by atoms with E-state index in [4.69, 9.17) is 21.1 Å². The zero-order valence-electron chi connectivity index (χ0n) is 21.3. The number of aryl methyl sites for hydroxylation is 1. The molecule has 1 aliphatic heterocycles. The highest BCUT2D eigenvalue weighted by Crippen LogP contribution is 2.43. The maximum absolute atomic E-state index is 14.3. The van der Waals surface area contributed by atoms with Gasteiger partial charge >= 0.3 is 0 Å². The molecular weight excluding hydrogens is 589 g/mol. The SMILES string of the molecule is COc1cc(C2C(C(=O)Nc3cccc(C)c3)=C(C)Nc3ncnn32)cc(Br)c1OCc1c(F)cccc1Cl. The van der Waals surface area contributed by atoms with Crippen molar-refractivity contribution in [1.82, 2.24) is 14.8 Å². The Morgan fingerprint density at radius 1 is 1.21 bits per heavy atom. The molecule has 0 aliphatic carbocycles. The molecule has 39 heavy (non-hydrogen) atoms. The Hall–Kier alpha value is -3.89. The first-order chi connectivity index (χ1) is 18.8. The van der Waals surface area contributed by atoms with Gasteiger partial charge in [-0.1, -0.05) is 29.8 Å². The fraction of sp³-hybridized carbons (Fsp3) is 0.179. The summed E-state index contributed by atoms with van der Waals surface area (Å²) in [6, 6.07) is 15.0. The lowest BCUT2D eigenvalue weighted by atomic mass is 9.94. The number of hydrogen-bond donors (Lipinski definition) is 2. The van der Waals surface area contributed by atoms with Crippen LogP contribution in [-0.2, 0) is 11.4 Å². The van der Waals surface area contributed by atoms with Gasteiger partial charge in [-0.05, 0) is 77.3 Å². The molecule has 1 unspecified atom stereocenters. The van der Waals surface area contributed by atoms with Gasteiger partial charge in [0.25, 0.3) is 5.91 Å². The summed E-state index contributed by atoms with van der Waals surface area (Å²) in [6.45, 7) is 3.67. The van der Waals surface area contributed by atoms with E-state index in [0.29, 0.717) is 44.4 Å². The van der Waals surface area contributed by atoms with E-state index in [2.05, 4.69) is 36.6 Å². The van der Waals surface area contributed by atoms with Gasteiger partial charge in [0.1, 0.15) is 24.8 Å². The summed E-state index contributed by atoms with van der Waals surface area (Å²) in [4.78, 5) is 17.9. The highest BCUT2D eigenvalue weighted by Gasteiger charge is 2.34. The Bertz CT molecular complexity index is 1590. The number of methoxy groups -OCH3 is 1. The summed E-state index contributed by atoms with van der Waals surface area (Å²) >= 11 is 9.74. The number of nitrogens with zero attached hydrogens (tertiary/aromatic N) is 3. The minimum Gasteiger partial charge on any atom is -0.493 e. The summed E-state index contributed by atoms with van der Waals surface area (Å²) in [6.07, 6.45) is 1.42. The molecule has 2 heterocycles. The van der Waals surface area contributed by atoms with E-state index in [1.165, 1.54) is 25.6 Å². The second kappa shape index (κ2) is 11.1. The third kappa shape index (κ3) is 5.35. The summed E-state index contributed by atoms with van der Waals surface area (Å²) in [5, 5.41) is 10.8. The van der Waals surface area contributed by atoms with Crippen molar-refractivity contribution in [2.75, 3.05) is 17.7 Å². The zero-order chi connectivity index (χ0) is 27.7. The number of amides is 1.